The van der Waals surface area contributed by atoms with Gasteiger partial charge in [0.15, 0.2) is 5.13 Å². The molecule has 1 amide bonds. The van der Waals surface area contributed by atoms with E-state index in [0.717, 1.165) is 5.56 Å². The van der Waals surface area contributed by atoms with E-state index in [4.69, 9.17) is 21.3 Å². The molecule has 2 heterocycles. The average Bonchev–Trinajstić information content (AvgIpc) is 3.37. The number of anilines is 1. The molecule has 0 aliphatic rings. The lowest BCUT2D eigenvalue weighted by molar-refractivity contribution is 0.0985. The van der Waals surface area contributed by atoms with Crippen molar-refractivity contribution in [3.63, 3.8) is 0 Å². The zero-order chi connectivity index (χ0) is 29.0. The van der Waals surface area contributed by atoms with Crippen LogP contribution >= 0.6 is 22.9 Å². The molecule has 2 aromatic heterocycles. The number of benzene rings is 2. The number of carbonyl (C=O) groups is 1. The smallest absolute Gasteiger partial charge is 0.260 e. The zero-order valence-electron chi connectivity index (χ0n) is 23.2. The van der Waals surface area contributed by atoms with Crippen molar-refractivity contribution in [1.82, 2.24) is 14.3 Å². The number of methoxy groups -OCH3 is 1. The summed E-state index contributed by atoms with van der Waals surface area (Å²) in [6.07, 6.45) is 3.36. The molecule has 40 heavy (non-hydrogen) atoms. The van der Waals surface area contributed by atoms with Crippen molar-refractivity contribution < 1.29 is 17.9 Å². The van der Waals surface area contributed by atoms with Crippen LogP contribution < -0.4 is 9.64 Å². The van der Waals surface area contributed by atoms with Crippen LogP contribution in [0, 0.1) is 11.8 Å². The van der Waals surface area contributed by atoms with Crippen molar-refractivity contribution >= 4 is 54.2 Å². The summed E-state index contributed by atoms with van der Waals surface area (Å²) in [4.78, 5) is 24.5. The molecule has 2 aromatic carbocycles. The first-order valence-electron chi connectivity index (χ1n) is 12.9. The molecule has 11 heteroatoms. The van der Waals surface area contributed by atoms with E-state index in [1.54, 1.807) is 54.7 Å². The number of ether oxygens (including phenoxy) is 1. The number of pyridine rings is 1. The zero-order valence-corrected chi connectivity index (χ0v) is 25.6. The Morgan fingerprint density at radius 3 is 2.27 bits per heavy atom. The number of hydrogen-bond acceptors (Lipinski definition) is 7. The average molecular weight is 601 g/mol. The van der Waals surface area contributed by atoms with Crippen LogP contribution in [0.1, 0.15) is 43.6 Å². The van der Waals surface area contributed by atoms with Crippen molar-refractivity contribution in [3.8, 4) is 5.75 Å². The molecule has 4 rings (SSSR count). The van der Waals surface area contributed by atoms with Gasteiger partial charge in [-0.1, -0.05) is 56.7 Å². The topological polar surface area (TPSA) is 92.7 Å². The molecule has 0 spiro atoms. The van der Waals surface area contributed by atoms with E-state index in [0.29, 0.717) is 44.8 Å². The van der Waals surface area contributed by atoms with Crippen LogP contribution in [0.5, 0.6) is 5.75 Å². The van der Waals surface area contributed by atoms with Crippen LogP contribution in [0.25, 0.3) is 10.2 Å². The lowest BCUT2D eigenvalue weighted by atomic mass is 10.2. The van der Waals surface area contributed by atoms with Gasteiger partial charge in [0.1, 0.15) is 11.3 Å². The van der Waals surface area contributed by atoms with Gasteiger partial charge in [-0.2, -0.15) is 4.31 Å². The molecule has 0 aliphatic carbocycles. The summed E-state index contributed by atoms with van der Waals surface area (Å²) in [6.45, 7) is 9.02. The summed E-state index contributed by atoms with van der Waals surface area (Å²) >= 11 is 7.74. The van der Waals surface area contributed by atoms with Crippen molar-refractivity contribution in [1.29, 1.82) is 0 Å². The molecular weight excluding hydrogens is 568 g/mol. The minimum Gasteiger partial charge on any atom is -0.494 e. The van der Waals surface area contributed by atoms with Crippen molar-refractivity contribution in [2.24, 2.45) is 11.8 Å². The van der Waals surface area contributed by atoms with Gasteiger partial charge in [-0.15, -0.1) is 0 Å². The lowest BCUT2D eigenvalue weighted by Crippen LogP contribution is -2.37. The molecule has 0 fully saturated rings. The minimum atomic E-state index is -3.72. The van der Waals surface area contributed by atoms with Crippen molar-refractivity contribution in [3.05, 3.63) is 77.1 Å². The fourth-order valence-electron chi connectivity index (χ4n) is 4.28. The number of sulfonamides is 1. The monoisotopic (exact) mass is 600 g/mol. The molecule has 0 aliphatic heterocycles. The highest BCUT2D eigenvalue weighted by atomic mass is 35.5. The molecular formula is C29H33ClN4O4S2. The normalized spacial score (nSPS) is 12.0. The Bertz CT molecular complexity index is 1560. The van der Waals surface area contributed by atoms with Crippen LogP contribution in [0.2, 0.25) is 5.02 Å². The second kappa shape index (κ2) is 12.6. The van der Waals surface area contributed by atoms with Gasteiger partial charge in [0.05, 0.1) is 28.3 Å². The van der Waals surface area contributed by atoms with Crippen LogP contribution in [0.4, 0.5) is 5.13 Å². The number of carbonyl (C=O) groups excluding carboxylic acids is 1. The molecule has 4 aromatic rings. The number of fused-ring (bicyclic) bond motifs is 1. The number of halogens is 1. The minimum absolute atomic E-state index is 0.153. The summed E-state index contributed by atoms with van der Waals surface area (Å²) in [7, 11) is -2.17. The molecule has 0 radical (unpaired) electrons. The molecule has 8 nitrogen and oxygen atoms in total. The summed E-state index contributed by atoms with van der Waals surface area (Å²) in [5, 5.41) is 0.947. The van der Waals surface area contributed by atoms with E-state index < -0.39 is 10.0 Å². The fourth-order valence-corrected chi connectivity index (χ4v) is 7.30. The van der Waals surface area contributed by atoms with Gasteiger partial charge in [-0.3, -0.25) is 14.7 Å². The fraction of sp³-hybridized carbons (Fsp3) is 0.345. The standard InChI is InChI=1S/C29H33ClN4O4S2/c1-19(2)16-33(17-20(3)4)40(36,37)23-10-8-22(9-11-23)28(35)34(18-21-7-6-14-31-15-21)29-32-26-25(38-5)13-12-24(30)27(26)39-29/h6-15,19-20H,16-18H2,1-5H3. The first kappa shape index (κ1) is 29.9. The predicted molar refractivity (Wildman–Crippen MR) is 161 cm³/mol. The first-order valence-corrected chi connectivity index (χ1v) is 15.6. The van der Waals surface area contributed by atoms with Gasteiger partial charge in [-0.25, -0.2) is 13.4 Å². The van der Waals surface area contributed by atoms with Gasteiger partial charge in [0.2, 0.25) is 10.0 Å². The SMILES string of the molecule is COc1ccc(Cl)c2sc(N(Cc3cccnc3)C(=O)c3ccc(S(=O)(=O)N(CC(C)C)CC(C)C)cc3)nc12. The summed E-state index contributed by atoms with van der Waals surface area (Å²) < 4.78 is 34.6. The first-order chi connectivity index (χ1) is 19.0. The maximum absolute atomic E-state index is 13.9. The van der Waals surface area contributed by atoms with Crippen LogP contribution in [0.15, 0.2) is 65.8 Å². The molecule has 0 atom stereocenters. The number of amides is 1. The summed E-state index contributed by atoms with van der Waals surface area (Å²) in [5.74, 6) is 0.577. The highest BCUT2D eigenvalue weighted by molar-refractivity contribution is 7.89. The number of rotatable bonds is 11. The molecule has 0 N–H and O–H groups in total. The van der Waals surface area contributed by atoms with E-state index in [1.165, 1.54) is 27.8 Å². The van der Waals surface area contributed by atoms with Gasteiger partial charge in [0.25, 0.3) is 5.91 Å². The van der Waals surface area contributed by atoms with Crippen molar-refractivity contribution in [2.45, 2.75) is 39.1 Å². The van der Waals surface area contributed by atoms with Gasteiger partial charge in [0, 0.05) is 31.0 Å². The van der Waals surface area contributed by atoms with Crippen LogP contribution in [-0.4, -0.2) is 48.8 Å². The van der Waals surface area contributed by atoms with Crippen molar-refractivity contribution in [2.75, 3.05) is 25.1 Å². The van der Waals surface area contributed by atoms with Gasteiger partial charge in [-0.05, 0) is 59.9 Å². The van der Waals surface area contributed by atoms with E-state index in [1.807, 2.05) is 33.8 Å². The van der Waals surface area contributed by atoms with E-state index in [2.05, 4.69) is 4.98 Å². The van der Waals surface area contributed by atoms with E-state index in [9.17, 15) is 13.2 Å². The van der Waals surface area contributed by atoms with Gasteiger partial charge >= 0.3 is 0 Å². The maximum Gasteiger partial charge on any atom is 0.260 e. The third kappa shape index (κ3) is 6.63. The maximum atomic E-state index is 13.9. The number of thiazole rings is 1. The lowest BCUT2D eigenvalue weighted by Gasteiger charge is -2.26. The van der Waals surface area contributed by atoms with Crippen LogP contribution in [-0.2, 0) is 16.6 Å². The number of hydrogen-bond donors (Lipinski definition) is 0. The molecule has 0 saturated heterocycles. The Kier molecular flexibility index (Phi) is 9.45. The molecule has 0 bridgehead atoms. The number of aromatic nitrogens is 2. The quantitative estimate of drug-likeness (QED) is 0.195. The molecule has 0 unspecified atom stereocenters. The third-order valence-corrected chi connectivity index (χ3v) is 9.47. The van der Waals surface area contributed by atoms with E-state index in [-0.39, 0.29) is 29.2 Å². The summed E-state index contributed by atoms with van der Waals surface area (Å²) in [6, 6.07) is 13.2. The Balaban J connectivity index is 1.71. The number of nitrogens with zero attached hydrogens (tertiary/aromatic N) is 4. The Morgan fingerprint density at radius 2 is 1.70 bits per heavy atom. The van der Waals surface area contributed by atoms with Gasteiger partial charge < -0.3 is 4.74 Å². The molecule has 212 valence electrons. The largest absolute Gasteiger partial charge is 0.494 e. The highest BCUT2D eigenvalue weighted by Gasteiger charge is 2.28. The predicted octanol–water partition coefficient (Wildman–Crippen LogP) is 6.50. The Morgan fingerprint density at radius 1 is 1.02 bits per heavy atom. The highest BCUT2D eigenvalue weighted by Crippen LogP contribution is 2.39. The second-order valence-corrected chi connectivity index (χ2v) is 13.6. The summed E-state index contributed by atoms with van der Waals surface area (Å²) in [5.41, 5.74) is 1.71. The Labute approximate surface area is 244 Å². The van der Waals surface area contributed by atoms with E-state index >= 15 is 0 Å². The third-order valence-electron chi connectivity index (χ3n) is 6.08. The molecule has 0 saturated carbocycles. The second-order valence-electron chi connectivity index (χ2n) is 10.3. The Hall–Kier alpha value is -3.05. The van der Waals surface area contributed by atoms with Crippen LogP contribution in [0.3, 0.4) is 0 Å².